The van der Waals surface area contributed by atoms with Crippen molar-refractivity contribution in [1.82, 2.24) is 5.32 Å². The third-order valence-corrected chi connectivity index (χ3v) is 5.69. The molecule has 2 saturated carbocycles. The molecular weight excluding hydrogens is 262 g/mol. The van der Waals surface area contributed by atoms with E-state index in [2.05, 4.69) is 5.32 Å². The molecule has 3 atom stereocenters. The number of carbonyl (C=O) groups is 2. The molecule has 3 aliphatic rings. The minimum absolute atomic E-state index is 0.0363. The quantitative estimate of drug-likeness (QED) is 0.867. The van der Waals surface area contributed by atoms with E-state index >= 15 is 0 Å². The van der Waals surface area contributed by atoms with Crippen LogP contribution in [0.3, 0.4) is 0 Å². The Hall–Kier alpha value is -1.64. The minimum atomic E-state index is -0.0363. The van der Waals surface area contributed by atoms with Gasteiger partial charge in [0.05, 0.1) is 0 Å². The number of ketones is 1. The summed E-state index contributed by atoms with van der Waals surface area (Å²) in [6.45, 7) is 0.699. The van der Waals surface area contributed by atoms with Gasteiger partial charge in [0.25, 0.3) is 5.91 Å². The average Bonchev–Trinajstić information content (AvgIpc) is 3.10. The van der Waals surface area contributed by atoms with E-state index in [1.807, 2.05) is 12.1 Å². The van der Waals surface area contributed by atoms with Crippen LogP contribution < -0.4 is 5.32 Å². The fourth-order valence-electron chi connectivity index (χ4n) is 4.57. The lowest BCUT2D eigenvalue weighted by molar-refractivity contribution is 0.0944. The highest BCUT2D eigenvalue weighted by Gasteiger charge is 2.40. The van der Waals surface area contributed by atoms with Gasteiger partial charge in [0.2, 0.25) is 0 Å². The van der Waals surface area contributed by atoms with Gasteiger partial charge in [0.15, 0.2) is 5.78 Å². The topological polar surface area (TPSA) is 46.2 Å². The summed E-state index contributed by atoms with van der Waals surface area (Å²) in [7, 11) is 0. The Balaban J connectivity index is 1.52. The molecule has 0 radical (unpaired) electrons. The lowest BCUT2D eigenvalue weighted by Crippen LogP contribution is -2.32. The molecule has 1 heterocycles. The van der Waals surface area contributed by atoms with E-state index < -0.39 is 0 Å². The molecule has 1 aliphatic heterocycles. The summed E-state index contributed by atoms with van der Waals surface area (Å²) in [6, 6.07) is 5.68. The second kappa shape index (κ2) is 4.97. The van der Waals surface area contributed by atoms with E-state index in [1.54, 1.807) is 6.07 Å². The lowest BCUT2D eigenvalue weighted by atomic mass is 9.84. The SMILES string of the molecule is O=C(CC1CC2CCC1C2)c1ccc2c(c1)C(=O)NCC2. The Labute approximate surface area is 125 Å². The molecule has 1 aromatic carbocycles. The number of hydrogen-bond acceptors (Lipinski definition) is 2. The molecule has 4 rings (SSSR count). The number of rotatable bonds is 3. The molecule has 110 valence electrons. The van der Waals surface area contributed by atoms with E-state index in [9.17, 15) is 9.59 Å². The molecule has 0 aromatic heterocycles. The highest BCUT2D eigenvalue weighted by atomic mass is 16.1. The largest absolute Gasteiger partial charge is 0.352 e. The van der Waals surface area contributed by atoms with Crippen LogP contribution in [0.15, 0.2) is 18.2 Å². The van der Waals surface area contributed by atoms with E-state index in [4.69, 9.17) is 0 Å². The van der Waals surface area contributed by atoms with Crippen LogP contribution in [-0.4, -0.2) is 18.2 Å². The predicted molar refractivity (Wildman–Crippen MR) is 80.4 cm³/mol. The second-order valence-electron chi connectivity index (χ2n) is 6.94. The molecule has 3 unspecified atom stereocenters. The molecule has 3 nitrogen and oxygen atoms in total. The van der Waals surface area contributed by atoms with Crippen molar-refractivity contribution in [3.8, 4) is 0 Å². The number of benzene rings is 1. The van der Waals surface area contributed by atoms with Crippen molar-refractivity contribution in [1.29, 1.82) is 0 Å². The average molecular weight is 283 g/mol. The Bertz CT molecular complexity index is 607. The van der Waals surface area contributed by atoms with Gasteiger partial charge in [-0.25, -0.2) is 0 Å². The fraction of sp³-hybridized carbons (Fsp3) is 0.556. The first kappa shape index (κ1) is 13.1. The van der Waals surface area contributed by atoms with Crippen LogP contribution in [0, 0.1) is 17.8 Å². The van der Waals surface area contributed by atoms with Gasteiger partial charge >= 0.3 is 0 Å². The summed E-state index contributed by atoms with van der Waals surface area (Å²) in [5.74, 6) is 2.42. The molecule has 3 heteroatoms. The van der Waals surface area contributed by atoms with Gasteiger partial charge in [0.1, 0.15) is 0 Å². The fourth-order valence-corrected chi connectivity index (χ4v) is 4.57. The first-order chi connectivity index (χ1) is 10.2. The van der Waals surface area contributed by atoms with Gasteiger partial charge in [-0.1, -0.05) is 18.6 Å². The Morgan fingerprint density at radius 2 is 2.14 bits per heavy atom. The Morgan fingerprint density at radius 3 is 2.90 bits per heavy atom. The first-order valence-corrected chi connectivity index (χ1v) is 8.15. The van der Waals surface area contributed by atoms with Crippen molar-refractivity contribution in [2.24, 2.45) is 17.8 Å². The summed E-state index contributed by atoms with van der Waals surface area (Å²) in [4.78, 5) is 24.4. The third-order valence-electron chi connectivity index (χ3n) is 5.69. The van der Waals surface area contributed by atoms with E-state index in [0.717, 1.165) is 23.8 Å². The summed E-state index contributed by atoms with van der Waals surface area (Å²) in [5.41, 5.74) is 2.48. The van der Waals surface area contributed by atoms with Crippen LogP contribution in [-0.2, 0) is 6.42 Å². The number of amides is 1. The summed E-state index contributed by atoms with van der Waals surface area (Å²) in [5, 5.41) is 2.85. The maximum atomic E-state index is 12.5. The first-order valence-electron chi connectivity index (χ1n) is 8.15. The third kappa shape index (κ3) is 2.29. The highest BCUT2D eigenvalue weighted by molar-refractivity contribution is 6.02. The van der Waals surface area contributed by atoms with Crippen LogP contribution in [0.2, 0.25) is 0 Å². The highest BCUT2D eigenvalue weighted by Crippen LogP contribution is 2.49. The molecule has 1 aromatic rings. The van der Waals surface area contributed by atoms with Crippen molar-refractivity contribution in [2.75, 3.05) is 6.54 Å². The van der Waals surface area contributed by atoms with Crippen molar-refractivity contribution in [2.45, 2.75) is 38.5 Å². The van der Waals surface area contributed by atoms with Gasteiger partial charge in [-0.2, -0.15) is 0 Å². The van der Waals surface area contributed by atoms with E-state index in [1.165, 1.54) is 25.7 Å². The van der Waals surface area contributed by atoms with Crippen molar-refractivity contribution >= 4 is 11.7 Å². The van der Waals surface area contributed by atoms with Crippen LogP contribution >= 0.6 is 0 Å². The molecule has 1 amide bonds. The number of carbonyl (C=O) groups excluding carboxylic acids is 2. The van der Waals surface area contributed by atoms with E-state index in [-0.39, 0.29) is 11.7 Å². The monoisotopic (exact) mass is 283 g/mol. The van der Waals surface area contributed by atoms with Crippen molar-refractivity contribution in [3.63, 3.8) is 0 Å². The molecule has 2 aliphatic carbocycles. The van der Waals surface area contributed by atoms with Crippen LogP contribution in [0.4, 0.5) is 0 Å². The standard InChI is InChI=1S/C18H21NO2/c20-17(10-15-8-11-1-2-13(15)7-11)14-4-3-12-5-6-19-18(21)16(12)9-14/h3-4,9,11,13,15H,1-2,5-8,10H2,(H,19,21). The normalized spacial score (nSPS) is 30.1. The summed E-state index contributed by atoms with van der Waals surface area (Å²) in [6.07, 6.45) is 6.79. The second-order valence-corrected chi connectivity index (χ2v) is 6.94. The van der Waals surface area contributed by atoms with Gasteiger partial charge in [-0.15, -0.1) is 0 Å². The molecule has 0 saturated heterocycles. The maximum absolute atomic E-state index is 12.5. The predicted octanol–water partition coefficient (Wildman–Crippen LogP) is 2.98. The number of nitrogens with one attached hydrogen (secondary N) is 1. The van der Waals surface area contributed by atoms with Gasteiger partial charge < -0.3 is 5.32 Å². The molecular formula is C18H21NO2. The van der Waals surface area contributed by atoms with Crippen molar-refractivity contribution in [3.05, 3.63) is 34.9 Å². The van der Waals surface area contributed by atoms with E-state index in [0.29, 0.717) is 30.0 Å². The van der Waals surface area contributed by atoms with Crippen LogP contribution in [0.5, 0.6) is 0 Å². The van der Waals surface area contributed by atoms with Crippen molar-refractivity contribution < 1.29 is 9.59 Å². The van der Waals surface area contributed by atoms with Crippen LogP contribution in [0.1, 0.15) is 58.4 Å². The maximum Gasteiger partial charge on any atom is 0.251 e. The number of Topliss-reactive ketones (excluding diaryl/α,β-unsaturated/α-hetero) is 1. The molecule has 0 spiro atoms. The molecule has 1 N–H and O–H groups in total. The zero-order valence-electron chi connectivity index (χ0n) is 12.2. The molecule has 2 fully saturated rings. The van der Waals surface area contributed by atoms with Gasteiger partial charge in [-0.3, -0.25) is 9.59 Å². The minimum Gasteiger partial charge on any atom is -0.352 e. The molecule has 21 heavy (non-hydrogen) atoms. The van der Waals surface area contributed by atoms with Crippen LogP contribution in [0.25, 0.3) is 0 Å². The lowest BCUT2D eigenvalue weighted by Gasteiger charge is -2.21. The molecule has 2 bridgehead atoms. The van der Waals surface area contributed by atoms with Gasteiger partial charge in [0, 0.05) is 24.1 Å². The summed E-state index contributed by atoms with van der Waals surface area (Å²) >= 11 is 0. The Morgan fingerprint density at radius 1 is 1.24 bits per heavy atom. The van der Waals surface area contributed by atoms with Gasteiger partial charge in [-0.05, 0) is 55.1 Å². The Kier molecular flexibility index (Phi) is 3.09. The zero-order valence-corrected chi connectivity index (χ0v) is 12.2. The summed E-state index contributed by atoms with van der Waals surface area (Å²) < 4.78 is 0. The zero-order chi connectivity index (χ0) is 14.4. The number of hydrogen-bond donors (Lipinski definition) is 1. The smallest absolute Gasteiger partial charge is 0.251 e. The number of fused-ring (bicyclic) bond motifs is 3.